The van der Waals surface area contributed by atoms with E-state index in [1.54, 1.807) is 7.11 Å². The molecule has 4 nitrogen and oxygen atoms in total. The molecule has 1 heterocycles. The van der Waals surface area contributed by atoms with E-state index < -0.39 is 0 Å². The number of aryl methyl sites for hydroxylation is 1. The van der Waals surface area contributed by atoms with Crippen LogP contribution >= 0.6 is 11.6 Å². The van der Waals surface area contributed by atoms with E-state index in [-0.39, 0.29) is 0 Å². The maximum Gasteiger partial charge on any atom is 0.134 e. The summed E-state index contributed by atoms with van der Waals surface area (Å²) >= 11 is 6.01. The van der Waals surface area contributed by atoms with Crippen molar-refractivity contribution in [2.75, 3.05) is 12.4 Å². The second kappa shape index (κ2) is 6.67. The molecule has 0 aliphatic rings. The van der Waals surface area contributed by atoms with Crippen LogP contribution in [0, 0.1) is 6.92 Å². The summed E-state index contributed by atoms with van der Waals surface area (Å²) in [5.74, 6) is 2.24. The molecule has 2 aromatic carbocycles. The predicted octanol–water partition coefficient (Wildman–Crippen LogP) is 4.86. The van der Waals surface area contributed by atoms with Gasteiger partial charge in [0.05, 0.1) is 12.8 Å². The van der Waals surface area contributed by atoms with E-state index >= 15 is 0 Å². The van der Waals surface area contributed by atoms with Crippen LogP contribution in [0.15, 0.2) is 54.6 Å². The molecular formula is C18H16ClN3O. The topological polar surface area (TPSA) is 47.0 Å². The van der Waals surface area contributed by atoms with Crippen molar-refractivity contribution in [3.05, 3.63) is 65.4 Å². The van der Waals surface area contributed by atoms with Gasteiger partial charge in [0.15, 0.2) is 0 Å². The molecule has 0 atom stereocenters. The normalized spacial score (nSPS) is 10.4. The molecule has 0 saturated heterocycles. The Morgan fingerprint density at radius 1 is 1.00 bits per heavy atom. The zero-order valence-electron chi connectivity index (χ0n) is 12.9. The average Bonchev–Trinajstić information content (AvgIpc) is 2.54. The highest BCUT2D eigenvalue weighted by Crippen LogP contribution is 2.25. The van der Waals surface area contributed by atoms with Crippen LogP contribution in [0.1, 0.15) is 5.82 Å². The number of nitrogens with one attached hydrogen (secondary N) is 1. The van der Waals surface area contributed by atoms with Gasteiger partial charge >= 0.3 is 0 Å². The number of benzene rings is 2. The van der Waals surface area contributed by atoms with Crippen LogP contribution in [0.2, 0.25) is 5.02 Å². The van der Waals surface area contributed by atoms with Crippen LogP contribution in [0.25, 0.3) is 11.3 Å². The summed E-state index contributed by atoms with van der Waals surface area (Å²) in [6.45, 7) is 1.87. The molecule has 0 spiro atoms. The van der Waals surface area contributed by atoms with Gasteiger partial charge in [-0.2, -0.15) is 0 Å². The first-order valence-corrected chi connectivity index (χ1v) is 7.54. The summed E-state index contributed by atoms with van der Waals surface area (Å²) in [7, 11) is 1.65. The van der Waals surface area contributed by atoms with Crippen molar-refractivity contribution in [2.24, 2.45) is 0 Å². The zero-order chi connectivity index (χ0) is 16.2. The number of halogens is 1. The van der Waals surface area contributed by atoms with E-state index in [0.717, 1.165) is 28.5 Å². The number of hydrogen-bond donors (Lipinski definition) is 1. The van der Waals surface area contributed by atoms with E-state index in [9.17, 15) is 0 Å². The summed E-state index contributed by atoms with van der Waals surface area (Å²) < 4.78 is 5.19. The van der Waals surface area contributed by atoms with Gasteiger partial charge in [0.2, 0.25) is 0 Å². The summed E-state index contributed by atoms with van der Waals surface area (Å²) in [5.41, 5.74) is 2.74. The molecule has 0 amide bonds. The Bertz CT molecular complexity index is 819. The maximum absolute atomic E-state index is 6.01. The van der Waals surface area contributed by atoms with Gasteiger partial charge in [0.1, 0.15) is 17.4 Å². The predicted molar refractivity (Wildman–Crippen MR) is 93.5 cm³/mol. The number of anilines is 2. The number of aromatic nitrogens is 2. The quantitative estimate of drug-likeness (QED) is 0.744. The van der Waals surface area contributed by atoms with Gasteiger partial charge in [0.25, 0.3) is 0 Å². The molecule has 1 N–H and O–H groups in total. The molecule has 0 unspecified atom stereocenters. The van der Waals surface area contributed by atoms with E-state index in [4.69, 9.17) is 16.3 Å². The van der Waals surface area contributed by atoms with Crippen molar-refractivity contribution >= 4 is 23.1 Å². The van der Waals surface area contributed by atoms with E-state index in [1.807, 2.05) is 61.5 Å². The standard InChI is InChI=1S/C18H16ClN3O/c1-12-20-17(13-6-8-16(23-2)9-7-13)11-18(21-12)22-15-5-3-4-14(19)10-15/h3-11H,1-2H3,(H,20,21,22). The first kappa shape index (κ1) is 15.3. The Morgan fingerprint density at radius 2 is 1.78 bits per heavy atom. The molecule has 116 valence electrons. The van der Waals surface area contributed by atoms with Gasteiger partial charge in [-0.25, -0.2) is 9.97 Å². The van der Waals surface area contributed by atoms with Crippen molar-refractivity contribution in [1.82, 2.24) is 9.97 Å². The van der Waals surface area contributed by atoms with Gasteiger partial charge in [0, 0.05) is 22.3 Å². The molecular weight excluding hydrogens is 310 g/mol. The molecule has 0 bridgehead atoms. The molecule has 0 aliphatic carbocycles. The number of nitrogens with zero attached hydrogens (tertiary/aromatic N) is 2. The van der Waals surface area contributed by atoms with Gasteiger partial charge < -0.3 is 10.1 Å². The smallest absolute Gasteiger partial charge is 0.134 e. The fourth-order valence-electron chi connectivity index (χ4n) is 2.26. The molecule has 0 radical (unpaired) electrons. The molecule has 1 aromatic heterocycles. The van der Waals surface area contributed by atoms with Gasteiger partial charge in [-0.1, -0.05) is 17.7 Å². The van der Waals surface area contributed by atoms with Crippen LogP contribution in [0.4, 0.5) is 11.5 Å². The Kier molecular flexibility index (Phi) is 4.44. The lowest BCUT2D eigenvalue weighted by Gasteiger charge is -2.09. The third-order valence-corrected chi connectivity index (χ3v) is 3.56. The number of hydrogen-bond acceptors (Lipinski definition) is 4. The molecule has 0 saturated carbocycles. The Balaban J connectivity index is 1.92. The van der Waals surface area contributed by atoms with Crippen LogP contribution in [-0.2, 0) is 0 Å². The zero-order valence-corrected chi connectivity index (χ0v) is 13.6. The van der Waals surface area contributed by atoms with Crippen LogP contribution in [0.3, 0.4) is 0 Å². The Morgan fingerprint density at radius 3 is 2.48 bits per heavy atom. The van der Waals surface area contributed by atoms with Crippen LogP contribution in [0.5, 0.6) is 5.75 Å². The first-order valence-electron chi connectivity index (χ1n) is 7.17. The summed E-state index contributed by atoms with van der Waals surface area (Å²) in [4.78, 5) is 8.93. The fourth-order valence-corrected chi connectivity index (χ4v) is 2.45. The van der Waals surface area contributed by atoms with Crippen molar-refractivity contribution in [2.45, 2.75) is 6.92 Å². The lowest BCUT2D eigenvalue weighted by molar-refractivity contribution is 0.415. The van der Waals surface area contributed by atoms with Crippen molar-refractivity contribution in [3.8, 4) is 17.0 Å². The Labute approximate surface area is 140 Å². The number of ether oxygens (including phenoxy) is 1. The summed E-state index contributed by atoms with van der Waals surface area (Å²) in [6.07, 6.45) is 0. The van der Waals surface area contributed by atoms with Crippen molar-refractivity contribution in [1.29, 1.82) is 0 Å². The van der Waals surface area contributed by atoms with Gasteiger partial charge in [-0.05, 0) is 49.4 Å². The fraction of sp³-hybridized carbons (Fsp3) is 0.111. The molecule has 0 fully saturated rings. The SMILES string of the molecule is COc1ccc(-c2cc(Nc3cccc(Cl)c3)nc(C)n2)cc1. The molecule has 3 aromatic rings. The van der Waals surface area contributed by atoms with E-state index in [1.165, 1.54) is 0 Å². The first-order chi connectivity index (χ1) is 11.1. The Hall–Kier alpha value is -2.59. The molecule has 0 aliphatic heterocycles. The van der Waals surface area contributed by atoms with Crippen molar-refractivity contribution < 1.29 is 4.74 Å². The molecule has 5 heteroatoms. The van der Waals surface area contributed by atoms with E-state index in [2.05, 4.69) is 15.3 Å². The largest absolute Gasteiger partial charge is 0.497 e. The minimum atomic E-state index is 0.677. The monoisotopic (exact) mass is 325 g/mol. The third kappa shape index (κ3) is 3.79. The van der Waals surface area contributed by atoms with Gasteiger partial charge in [-0.3, -0.25) is 0 Å². The number of methoxy groups -OCH3 is 1. The minimum Gasteiger partial charge on any atom is -0.497 e. The second-order valence-electron chi connectivity index (χ2n) is 5.05. The minimum absolute atomic E-state index is 0.677. The second-order valence-corrected chi connectivity index (χ2v) is 5.49. The highest BCUT2D eigenvalue weighted by Gasteiger charge is 2.06. The van der Waals surface area contributed by atoms with Crippen LogP contribution in [-0.4, -0.2) is 17.1 Å². The van der Waals surface area contributed by atoms with E-state index in [0.29, 0.717) is 10.8 Å². The van der Waals surface area contributed by atoms with Crippen LogP contribution < -0.4 is 10.1 Å². The highest BCUT2D eigenvalue weighted by atomic mass is 35.5. The van der Waals surface area contributed by atoms with Crippen molar-refractivity contribution in [3.63, 3.8) is 0 Å². The average molecular weight is 326 g/mol. The highest BCUT2D eigenvalue weighted by molar-refractivity contribution is 6.30. The lowest BCUT2D eigenvalue weighted by atomic mass is 10.1. The molecule has 23 heavy (non-hydrogen) atoms. The summed E-state index contributed by atoms with van der Waals surface area (Å²) in [5, 5.41) is 3.94. The third-order valence-electron chi connectivity index (χ3n) is 3.32. The summed E-state index contributed by atoms with van der Waals surface area (Å²) in [6, 6.07) is 17.2. The molecule has 3 rings (SSSR count). The van der Waals surface area contributed by atoms with Gasteiger partial charge in [-0.15, -0.1) is 0 Å². The maximum atomic E-state index is 6.01. The lowest BCUT2D eigenvalue weighted by Crippen LogP contribution is -1.99. The number of rotatable bonds is 4.